The third-order valence-corrected chi connectivity index (χ3v) is 17.9. The van der Waals surface area contributed by atoms with Crippen LogP contribution in [0.15, 0.2) is 130 Å². The van der Waals surface area contributed by atoms with Crippen molar-refractivity contribution in [1.82, 2.24) is 0 Å². The predicted molar refractivity (Wildman–Crippen MR) is 154 cm³/mol. The van der Waals surface area contributed by atoms with Gasteiger partial charge in [0.05, 0.1) is 0 Å². The summed E-state index contributed by atoms with van der Waals surface area (Å²) in [6, 6.07) is 40.9. The van der Waals surface area contributed by atoms with Crippen LogP contribution in [0.3, 0.4) is 0 Å². The van der Waals surface area contributed by atoms with E-state index in [0.717, 1.165) is 6.42 Å². The van der Waals surface area contributed by atoms with Crippen LogP contribution in [-0.2, 0) is 21.3 Å². The Labute approximate surface area is 224 Å². The monoisotopic (exact) mass is 558 g/mol. The Kier molecular flexibility index (Phi) is 6.36. The van der Waals surface area contributed by atoms with Crippen LogP contribution in [0.1, 0.15) is 32.3 Å². The van der Waals surface area contributed by atoms with Crippen LogP contribution in [-0.4, -0.2) is 11.3 Å². The van der Waals surface area contributed by atoms with Gasteiger partial charge in [0.1, 0.15) is 0 Å². The molecular formula is C34H32SiZr. The summed E-state index contributed by atoms with van der Waals surface area (Å²) in [5, 5.41) is 1.63. The first kappa shape index (κ1) is 23.7. The Bertz CT molecular complexity index is 1430. The van der Waals surface area contributed by atoms with Crippen LogP contribution in [0.2, 0.25) is 19.6 Å². The molecule has 2 aliphatic carbocycles. The second-order valence-electron chi connectivity index (χ2n) is 10.9. The van der Waals surface area contributed by atoms with Crippen LogP contribution < -0.4 is 0 Å². The molecule has 0 saturated heterocycles. The van der Waals surface area contributed by atoms with E-state index in [2.05, 4.69) is 141 Å². The predicted octanol–water partition coefficient (Wildman–Crippen LogP) is 8.74. The van der Waals surface area contributed by atoms with Gasteiger partial charge in [-0.25, -0.2) is 0 Å². The molecule has 0 saturated carbocycles. The number of hydrogen-bond donors (Lipinski definition) is 0. The fraction of sp³-hybridized carbons (Fsp3) is 0.147. The van der Waals surface area contributed by atoms with Crippen molar-refractivity contribution in [3.8, 4) is 11.1 Å². The molecule has 176 valence electrons. The van der Waals surface area contributed by atoms with E-state index < -0.39 is 29.3 Å². The summed E-state index contributed by atoms with van der Waals surface area (Å²) in [4.78, 5) is 0. The third kappa shape index (κ3) is 4.25. The molecule has 0 aliphatic heterocycles. The summed E-state index contributed by atoms with van der Waals surface area (Å²) in [6.07, 6.45) is 6.36. The van der Waals surface area contributed by atoms with Crippen LogP contribution in [0.25, 0.3) is 11.1 Å². The number of fused-ring (bicyclic) bond motifs is 3. The molecule has 0 N–H and O–H groups in total. The zero-order valence-corrected chi connectivity index (χ0v) is 24.8. The van der Waals surface area contributed by atoms with Crippen molar-refractivity contribution in [2.75, 3.05) is 0 Å². The Morgan fingerprint density at radius 1 is 0.639 bits per heavy atom. The van der Waals surface area contributed by atoms with E-state index in [9.17, 15) is 0 Å². The summed E-state index contributed by atoms with van der Waals surface area (Å²) in [5.41, 5.74) is 8.77. The van der Waals surface area contributed by atoms with Gasteiger partial charge in [0, 0.05) is 0 Å². The van der Waals surface area contributed by atoms with Gasteiger partial charge in [-0.15, -0.1) is 0 Å². The molecule has 0 amide bonds. The summed E-state index contributed by atoms with van der Waals surface area (Å²) in [6.45, 7) is 7.46. The number of allylic oxidation sites excluding steroid dienone is 4. The topological polar surface area (TPSA) is 0 Å². The molecule has 0 radical (unpaired) electrons. The third-order valence-electron chi connectivity index (χ3n) is 7.60. The molecular weight excluding hydrogens is 528 g/mol. The molecule has 0 unspecified atom stereocenters. The van der Waals surface area contributed by atoms with E-state index in [0.29, 0.717) is 3.63 Å². The van der Waals surface area contributed by atoms with E-state index in [-0.39, 0.29) is 0 Å². The first-order valence-electron chi connectivity index (χ1n) is 13.0. The van der Waals surface area contributed by atoms with Crippen molar-refractivity contribution in [1.29, 1.82) is 0 Å². The fourth-order valence-corrected chi connectivity index (χ4v) is 16.6. The van der Waals surface area contributed by atoms with Gasteiger partial charge in [0.15, 0.2) is 0 Å². The number of hydrogen-bond acceptors (Lipinski definition) is 0. The summed E-state index contributed by atoms with van der Waals surface area (Å²) in [5.74, 6) is 0. The fourth-order valence-electron chi connectivity index (χ4n) is 5.88. The van der Waals surface area contributed by atoms with Crippen LogP contribution >= 0.6 is 0 Å². The Hall–Kier alpha value is -2.67. The average Bonchev–Trinajstić information content (AvgIpc) is 3.52. The van der Waals surface area contributed by atoms with Gasteiger partial charge in [-0.1, -0.05) is 0 Å². The Balaban J connectivity index is 1.70. The number of benzene rings is 4. The minimum absolute atomic E-state index is 0.482. The van der Waals surface area contributed by atoms with Crippen molar-refractivity contribution in [3.05, 3.63) is 152 Å². The molecule has 0 nitrogen and oxygen atoms in total. The SMILES string of the molecule is C[Si](C)(C)C1=CC[C]([Zr](=[C](c2ccccc2)c2ccccc2)[CH]2c3ccccc3-c3ccccc32)=C1. The molecule has 4 aromatic rings. The normalized spacial score (nSPS) is 14.6. The van der Waals surface area contributed by atoms with Gasteiger partial charge in [0.25, 0.3) is 0 Å². The van der Waals surface area contributed by atoms with Crippen LogP contribution in [0.4, 0.5) is 0 Å². The van der Waals surface area contributed by atoms with Crippen LogP contribution in [0.5, 0.6) is 0 Å². The van der Waals surface area contributed by atoms with Gasteiger partial charge in [0.2, 0.25) is 0 Å². The van der Waals surface area contributed by atoms with E-state index in [1.165, 1.54) is 22.3 Å². The van der Waals surface area contributed by atoms with Crippen molar-refractivity contribution in [3.63, 3.8) is 0 Å². The van der Waals surface area contributed by atoms with Gasteiger partial charge >= 0.3 is 225 Å². The first-order chi connectivity index (χ1) is 17.5. The zero-order chi connectivity index (χ0) is 24.7. The maximum atomic E-state index is 2.66. The van der Waals surface area contributed by atoms with Crippen molar-refractivity contribution in [2.24, 2.45) is 0 Å². The summed E-state index contributed by atoms with van der Waals surface area (Å²) < 4.78 is 3.86. The molecule has 4 aromatic carbocycles. The van der Waals surface area contributed by atoms with E-state index in [4.69, 9.17) is 0 Å². The average molecular weight is 560 g/mol. The molecule has 0 spiro atoms. The van der Waals surface area contributed by atoms with Gasteiger partial charge < -0.3 is 0 Å². The molecule has 0 aromatic heterocycles. The Morgan fingerprint density at radius 3 is 1.58 bits per heavy atom. The zero-order valence-electron chi connectivity index (χ0n) is 21.3. The van der Waals surface area contributed by atoms with Crippen molar-refractivity contribution in [2.45, 2.75) is 29.7 Å². The van der Waals surface area contributed by atoms with Crippen molar-refractivity contribution >= 4 is 11.3 Å². The standard InChI is InChI=1S/C13H9.C13H10.C8H13Si.Zr/c1-3-7-12-10(5-1)9-11-6-2-4-8-13(11)12;1-3-7-12(8-4-1)11-13-9-5-2-6-10-13;1-9(2,3)8-6-4-5-7-8;/h1-9H;1-10H;6-7H,4H2,1-3H3;. The Morgan fingerprint density at radius 2 is 1.11 bits per heavy atom. The minimum atomic E-state index is -2.57. The molecule has 6 rings (SSSR count). The molecule has 36 heavy (non-hydrogen) atoms. The van der Waals surface area contributed by atoms with Crippen molar-refractivity contribution < 1.29 is 21.3 Å². The second-order valence-corrected chi connectivity index (χ2v) is 22.2. The molecule has 0 bridgehead atoms. The molecule has 2 aliphatic rings. The van der Waals surface area contributed by atoms with E-state index in [1.807, 2.05) is 0 Å². The molecule has 0 fully saturated rings. The van der Waals surface area contributed by atoms with Crippen LogP contribution in [0, 0.1) is 0 Å². The molecule has 0 atom stereocenters. The van der Waals surface area contributed by atoms with E-state index >= 15 is 0 Å². The summed E-state index contributed by atoms with van der Waals surface area (Å²) >= 11 is -2.57. The van der Waals surface area contributed by atoms with Gasteiger partial charge in [-0.3, -0.25) is 0 Å². The molecule has 2 heteroatoms. The maximum absolute atomic E-state index is 2.66. The molecule has 0 heterocycles. The van der Waals surface area contributed by atoms with E-state index in [1.54, 1.807) is 22.8 Å². The van der Waals surface area contributed by atoms with Gasteiger partial charge in [-0.05, 0) is 0 Å². The quantitative estimate of drug-likeness (QED) is 0.214. The summed E-state index contributed by atoms with van der Waals surface area (Å²) in [7, 11) is -1.38. The number of rotatable bonds is 5. The second kappa shape index (κ2) is 9.66. The first-order valence-corrected chi connectivity index (χ1v) is 20.3. The van der Waals surface area contributed by atoms with Gasteiger partial charge in [-0.2, -0.15) is 0 Å².